The maximum atomic E-state index is 12.6. The molecule has 0 bridgehead atoms. The first-order valence-electron chi connectivity index (χ1n) is 7.23. The van der Waals surface area contributed by atoms with Crippen LogP contribution in [0.25, 0.3) is 0 Å². The number of hydrogen-bond donors (Lipinski definition) is 1. The van der Waals surface area contributed by atoms with Crippen molar-refractivity contribution in [3.63, 3.8) is 0 Å². The fourth-order valence-corrected chi connectivity index (χ4v) is 2.78. The lowest BCUT2D eigenvalue weighted by atomic mass is 9.93. The van der Waals surface area contributed by atoms with E-state index >= 15 is 0 Å². The number of hydrogen-bond acceptors (Lipinski definition) is 2. The van der Waals surface area contributed by atoms with E-state index in [1.165, 1.54) is 0 Å². The molecule has 1 fully saturated rings. The van der Waals surface area contributed by atoms with E-state index in [0.717, 1.165) is 16.5 Å². The van der Waals surface area contributed by atoms with Crippen LogP contribution < -0.4 is 5.32 Å². The predicted octanol–water partition coefficient (Wildman–Crippen LogP) is 2.85. The SMILES string of the molecule is CCCC1NC(=O)C(C)(C)N(Cc2ccc(Br)cc2)C1=O. The van der Waals surface area contributed by atoms with Gasteiger partial charge >= 0.3 is 0 Å². The van der Waals surface area contributed by atoms with Gasteiger partial charge in [-0.15, -0.1) is 0 Å². The number of piperazine rings is 1. The Labute approximate surface area is 134 Å². The molecule has 114 valence electrons. The zero-order chi connectivity index (χ0) is 15.6. The van der Waals surface area contributed by atoms with Gasteiger partial charge in [0.25, 0.3) is 0 Å². The molecule has 1 atom stereocenters. The number of carbonyl (C=O) groups excluding carboxylic acids is 2. The van der Waals surface area contributed by atoms with Crippen molar-refractivity contribution in [3.8, 4) is 0 Å². The van der Waals surface area contributed by atoms with Gasteiger partial charge in [0.1, 0.15) is 11.6 Å². The van der Waals surface area contributed by atoms with E-state index in [9.17, 15) is 9.59 Å². The van der Waals surface area contributed by atoms with Gasteiger partial charge in [0.05, 0.1) is 0 Å². The van der Waals surface area contributed by atoms with Gasteiger partial charge in [-0.1, -0.05) is 41.4 Å². The molecule has 0 radical (unpaired) electrons. The largest absolute Gasteiger partial charge is 0.342 e. The minimum absolute atomic E-state index is 0.00405. The van der Waals surface area contributed by atoms with E-state index in [-0.39, 0.29) is 11.8 Å². The number of carbonyl (C=O) groups is 2. The van der Waals surface area contributed by atoms with Crippen LogP contribution in [0.1, 0.15) is 39.2 Å². The number of nitrogens with zero attached hydrogens (tertiary/aromatic N) is 1. The van der Waals surface area contributed by atoms with Crippen LogP contribution in [0.4, 0.5) is 0 Å². The lowest BCUT2D eigenvalue weighted by Gasteiger charge is -2.44. The molecule has 0 spiro atoms. The third-order valence-electron chi connectivity index (χ3n) is 3.93. The van der Waals surface area contributed by atoms with E-state index in [4.69, 9.17) is 0 Å². The predicted molar refractivity (Wildman–Crippen MR) is 85.6 cm³/mol. The van der Waals surface area contributed by atoms with E-state index in [1.54, 1.807) is 18.7 Å². The van der Waals surface area contributed by atoms with Crippen molar-refractivity contribution < 1.29 is 9.59 Å². The molecular weight excluding hydrogens is 332 g/mol. The summed E-state index contributed by atoms with van der Waals surface area (Å²) in [5, 5.41) is 2.84. The second kappa shape index (κ2) is 6.18. The Morgan fingerprint density at radius 1 is 1.24 bits per heavy atom. The van der Waals surface area contributed by atoms with Crippen molar-refractivity contribution >= 4 is 27.7 Å². The van der Waals surface area contributed by atoms with Crippen LogP contribution in [0.5, 0.6) is 0 Å². The fraction of sp³-hybridized carbons (Fsp3) is 0.500. The van der Waals surface area contributed by atoms with Gasteiger partial charge in [-0.05, 0) is 38.0 Å². The summed E-state index contributed by atoms with van der Waals surface area (Å²) in [6.45, 7) is 6.05. The van der Waals surface area contributed by atoms with Crippen LogP contribution in [-0.4, -0.2) is 28.3 Å². The fourth-order valence-electron chi connectivity index (χ4n) is 2.52. The number of benzene rings is 1. The van der Waals surface area contributed by atoms with Gasteiger partial charge in [0.2, 0.25) is 11.8 Å². The Bertz CT molecular complexity index is 540. The summed E-state index contributed by atoms with van der Waals surface area (Å²) in [4.78, 5) is 26.6. The van der Waals surface area contributed by atoms with Crippen LogP contribution in [-0.2, 0) is 16.1 Å². The molecule has 1 aliphatic rings. The van der Waals surface area contributed by atoms with Crippen molar-refractivity contribution in [2.75, 3.05) is 0 Å². The Balaban J connectivity index is 2.25. The molecule has 0 aromatic heterocycles. The standard InChI is InChI=1S/C16H21BrN2O2/c1-4-5-13-14(20)19(16(2,3)15(21)18-13)10-11-6-8-12(17)9-7-11/h6-9,13H,4-5,10H2,1-3H3,(H,18,21). The van der Waals surface area contributed by atoms with Gasteiger partial charge in [0, 0.05) is 11.0 Å². The summed E-state index contributed by atoms with van der Waals surface area (Å²) in [6.07, 6.45) is 1.54. The zero-order valence-corrected chi connectivity index (χ0v) is 14.2. The second-order valence-electron chi connectivity index (χ2n) is 5.92. The summed E-state index contributed by atoms with van der Waals surface area (Å²) in [6, 6.07) is 7.43. The third-order valence-corrected chi connectivity index (χ3v) is 4.46. The molecule has 2 rings (SSSR count). The molecule has 1 unspecified atom stereocenters. The van der Waals surface area contributed by atoms with Crippen LogP contribution in [0.15, 0.2) is 28.7 Å². The van der Waals surface area contributed by atoms with Gasteiger partial charge in [0.15, 0.2) is 0 Å². The van der Waals surface area contributed by atoms with Crippen molar-refractivity contribution in [3.05, 3.63) is 34.3 Å². The average molecular weight is 353 g/mol. The number of amides is 2. The molecule has 1 aromatic rings. The van der Waals surface area contributed by atoms with E-state index < -0.39 is 11.6 Å². The van der Waals surface area contributed by atoms with Crippen LogP contribution in [0, 0.1) is 0 Å². The molecule has 1 aromatic carbocycles. The molecule has 1 heterocycles. The molecule has 1 saturated heterocycles. The highest BCUT2D eigenvalue weighted by atomic mass is 79.9. The summed E-state index contributed by atoms with van der Waals surface area (Å²) in [7, 11) is 0. The second-order valence-corrected chi connectivity index (χ2v) is 6.84. The lowest BCUT2D eigenvalue weighted by molar-refractivity contribution is -0.156. The summed E-state index contributed by atoms with van der Waals surface area (Å²) < 4.78 is 0.997. The lowest BCUT2D eigenvalue weighted by Crippen LogP contribution is -2.67. The minimum Gasteiger partial charge on any atom is -0.342 e. The summed E-state index contributed by atoms with van der Waals surface area (Å²) in [5.74, 6) is -0.0815. The smallest absolute Gasteiger partial charge is 0.246 e. The molecule has 21 heavy (non-hydrogen) atoms. The normalized spacial score (nSPS) is 21.3. The summed E-state index contributed by atoms with van der Waals surface area (Å²) >= 11 is 3.40. The first kappa shape index (κ1) is 16.0. The summed E-state index contributed by atoms with van der Waals surface area (Å²) in [5.41, 5.74) is 0.193. The molecule has 2 amide bonds. The Hall–Kier alpha value is -1.36. The third kappa shape index (κ3) is 3.28. The Morgan fingerprint density at radius 2 is 1.86 bits per heavy atom. The van der Waals surface area contributed by atoms with Crippen molar-refractivity contribution in [1.82, 2.24) is 10.2 Å². The number of rotatable bonds is 4. The van der Waals surface area contributed by atoms with Crippen LogP contribution >= 0.6 is 15.9 Å². The number of halogens is 1. The first-order valence-corrected chi connectivity index (χ1v) is 8.02. The first-order chi connectivity index (χ1) is 9.86. The zero-order valence-electron chi connectivity index (χ0n) is 12.6. The quantitative estimate of drug-likeness (QED) is 0.905. The molecule has 1 aliphatic heterocycles. The van der Waals surface area contributed by atoms with Crippen molar-refractivity contribution in [2.45, 2.75) is 51.7 Å². The highest BCUT2D eigenvalue weighted by Crippen LogP contribution is 2.25. The average Bonchev–Trinajstić information content (AvgIpc) is 2.43. The monoisotopic (exact) mass is 352 g/mol. The molecule has 0 saturated carbocycles. The number of nitrogens with one attached hydrogen (secondary N) is 1. The van der Waals surface area contributed by atoms with Gasteiger partial charge < -0.3 is 10.2 Å². The Morgan fingerprint density at radius 3 is 2.43 bits per heavy atom. The van der Waals surface area contributed by atoms with Crippen molar-refractivity contribution in [2.24, 2.45) is 0 Å². The molecular formula is C16H21BrN2O2. The van der Waals surface area contributed by atoms with Crippen LogP contribution in [0.2, 0.25) is 0 Å². The minimum atomic E-state index is -0.825. The van der Waals surface area contributed by atoms with Crippen LogP contribution in [0.3, 0.4) is 0 Å². The highest BCUT2D eigenvalue weighted by Gasteiger charge is 2.45. The van der Waals surface area contributed by atoms with Gasteiger partial charge in [-0.25, -0.2) is 0 Å². The Kier molecular flexibility index (Phi) is 4.71. The molecule has 1 N–H and O–H groups in total. The van der Waals surface area contributed by atoms with Gasteiger partial charge in [-0.3, -0.25) is 9.59 Å². The van der Waals surface area contributed by atoms with Gasteiger partial charge in [-0.2, -0.15) is 0 Å². The highest BCUT2D eigenvalue weighted by molar-refractivity contribution is 9.10. The maximum Gasteiger partial charge on any atom is 0.246 e. The molecule has 0 aliphatic carbocycles. The van der Waals surface area contributed by atoms with Crippen molar-refractivity contribution in [1.29, 1.82) is 0 Å². The maximum absolute atomic E-state index is 12.6. The van der Waals surface area contributed by atoms with E-state index in [1.807, 2.05) is 31.2 Å². The van der Waals surface area contributed by atoms with E-state index in [0.29, 0.717) is 13.0 Å². The molecule has 5 heteroatoms. The van der Waals surface area contributed by atoms with E-state index in [2.05, 4.69) is 21.2 Å². The topological polar surface area (TPSA) is 49.4 Å². The molecule has 4 nitrogen and oxygen atoms in total.